The van der Waals surface area contributed by atoms with Crippen LogP contribution in [0.3, 0.4) is 0 Å². The van der Waals surface area contributed by atoms with Crippen molar-refractivity contribution in [1.29, 1.82) is 0 Å². The molecule has 1 aliphatic rings. The Morgan fingerprint density at radius 3 is 2.53 bits per heavy atom. The molecule has 1 heterocycles. The SMILES string of the molecule is Cl.Clc1cc(Cl)c2ccccc2c1OC1CCNC1. The van der Waals surface area contributed by atoms with Crippen LogP contribution in [0.25, 0.3) is 10.8 Å². The van der Waals surface area contributed by atoms with Crippen molar-refractivity contribution in [3.05, 3.63) is 40.4 Å². The van der Waals surface area contributed by atoms with Crippen molar-refractivity contribution in [1.82, 2.24) is 5.32 Å². The molecule has 1 saturated heterocycles. The van der Waals surface area contributed by atoms with Gasteiger partial charge in [-0.3, -0.25) is 0 Å². The highest BCUT2D eigenvalue weighted by Gasteiger charge is 2.19. The quantitative estimate of drug-likeness (QED) is 0.891. The second kappa shape index (κ2) is 6.19. The number of hydrogen-bond acceptors (Lipinski definition) is 2. The van der Waals surface area contributed by atoms with Gasteiger partial charge in [0.1, 0.15) is 11.9 Å². The molecule has 0 bridgehead atoms. The number of nitrogens with one attached hydrogen (secondary N) is 1. The maximum Gasteiger partial charge on any atom is 0.146 e. The molecule has 19 heavy (non-hydrogen) atoms. The predicted molar refractivity (Wildman–Crippen MR) is 83.1 cm³/mol. The fourth-order valence-corrected chi connectivity index (χ4v) is 2.87. The lowest BCUT2D eigenvalue weighted by molar-refractivity contribution is 0.226. The summed E-state index contributed by atoms with van der Waals surface area (Å²) in [6.45, 7) is 1.86. The Balaban J connectivity index is 0.00000133. The zero-order chi connectivity index (χ0) is 12.5. The molecule has 1 aliphatic heterocycles. The maximum atomic E-state index is 6.26. The molecule has 1 unspecified atom stereocenters. The van der Waals surface area contributed by atoms with Crippen molar-refractivity contribution in [2.75, 3.05) is 13.1 Å². The molecular formula is C14H14Cl3NO. The smallest absolute Gasteiger partial charge is 0.146 e. The van der Waals surface area contributed by atoms with Crippen LogP contribution >= 0.6 is 35.6 Å². The topological polar surface area (TPSA) is 21.3 Å². The number of hydrogen-bond donors (Lipinski definition) is 1. The van der Waals surface area contributed by atoms with Crippen LogP contribution < -0.4 is 10.1 Å². The number of fused-ring (bicyclic) bond motifs is 1. The average Bonchev–Trinajstić information content (AvgIpc) is 2.87. The van der Waals surface area contributed by atoms with Gasteiger partial charge >= 0.3 is 0 Å². The van der Waals surface area contributed by atoms with Crippen molar-refractivity contribution in [2.45, 2.75) is 12.5 Å². The van der Waals surface area contributed by atoms with E-state index >= 15 is 0 Å². The summed E-state index contributed by atoms with van der Waals surface area (Å²) < 4.78 is 6.02. The predicted octanol–water partition coefficient (Wildman–Crippen LogP) is 4.31. The van der Waals surface area contributed by atoms with Gasteiger partial charge in [-0.1, -0.05) is 47.5 Å². The molecule has 3 rings (SSSR count). The third kappa shape index (κ3) is 2.92. The third-order valence-electron chi connectivity index (χ3n) is 3.20. The molecule has 5 heteroatoms. The second-order valence-electron chi connectivity index (χ2n) is 4.45. The van der Waals surface area contributed by atoms with Crippen LogP contribution in [0.2, 0.25) is 10.0 Å². The molecule has 0 spiro atoms. The molecule has 0 radical (unpaired) electrons. The summed E-state index contributed by atoms with van der Waals surface area (Å²) in [6, 6.07) is 9.65. The van der Waals surface area contributed by atoms with E-state index in [4.69, 9.17) is 27.9 Å². The summed E-state index contributed by atoms with van der Waals surface area (Å²) in [5, 5.41) is 6.46. The Morgan fingerprint density at radius 2 is 1.84 bits per heavy atom. The van der Waals surface area contributed by atoms with Crippen LogP contribution in [0, 0.1) is 0 Å². The van der Waals surface area contributed by atoms with E-state index < -0.39 is 0 Å². The lowest BCUT2D eigenvalue weighted by Crippen LogP contribution is -2.19. The fraction of sp³-hybridized carbons (Fsp3) is 0.286. The number of benzene rings is 2. The Bertz CT molecular complexity index is 582. The van der Waals surface area contributed by atoms with Gasteiger partial charge in [0.15, 0.2) is 0 Å². The van der Waals surface area contributed by atoms with Crippen molar-refractivity contribution in [3.63, 3.8) is 0 Å². The highest BCUT2D eigenvalue weighted by atomic mass is 35.5. The summed E-state index contributed by atoms with van der Waals surface area (Å²) >= 11 is 12.5. The normalized spacial score (nSPS) is 18.3. The van der Waals surface area contributed by atoms with E-state index in [0.29, 0.717) is 10.0 Å². The van der Waals surface area contributed by atoms with Gasteiger partial charge in [-0.2, -0.15) is 0 Å². The number of rotatable bonds is 2. The van der Waals surface area contributed by atoms with Crippen molar-refractivity contribution in [3.8, 4) is 5.75 Å². The first-order valence-electron chi connectivity index (χ1n) is 6.00. The van der Waals surface area contributed by atoms with Crippen molar-refractivity contribution in [2.24, 2.45) is 0 Å². The lowest BCUT2D eigenvalue weighted by Gasteiger charge is -2.16. The largest absolute Gasteiger partial charge is 0.487 e. The van der Waals surface area contributed by atoms with E-state index in [9.17, 15) is 0 Å². The highest BCUT2D eigenvalue weighted by molar-refractivity contribution is 6.39. The molecule has 2 aromatic carbocycles. The Morgan fingerprint density at radius 1 is 1.11 bits per heavy atom. The van der Waals surface area contributed by atoms with Crippen LogP contribution in [-0.2, 0) is 0 Å². The van der Waals surface area contributed by atoms with E-state index in [1.54, 1.807) is 6.07 Å². The van der Waals surface area contributed by atoms with E-state index in [-0.39, 0.29) is 18.5 Å². The highest BCUT2D eigenvalue weighted by Crippen LogP contribution is 2.38. The van der Waals surface area contributed by atoms with Gasteiger partial charge in [-0.05, 0) is 19.0 Å². The van der Waals surface area contributed by atoms with Gasteiger partial charge in [0.25, 0.3) is 0 Å². The van der Waals surface area contributed by atoms with Crippen LogP contribution in [0.1, 0.15) is 6.42 Å². The first-order chi connectivity index (χ1) is 8.75. The first kappa shape index (κ1) is 14.7. The van der Waals surface area contributed by atoms with Crippen LogP contribution in [0.15, 0.2) is 30.3 Å². The molecule has 0 amide bonds. The van der Waals surface area contributed by atoms with Gasteiger partial charge < -0.3 is 10.1 Å². The average molecular weight is 319 g/mol. The van der Waals surface area contributed by atoms with E-state index in [1.165, 1.54) is 0 Å². The van der Waals surface area contributed by atoms with E-state index in [2.05, 4.69) is 5.32 Å². The van der Waals surface area contributed by atoms with Gasteiger partial charge in [0.2, 0.25) is 0 Å². The van der Waals surface area contributed by atoms with E-state index in [0.717, 1.165) is 36.0 Å². The number of halogens is 3. The molecule has 2 aromatic rings. The minimum Gasteiger partial charge on any atom is -0.487 e. The Hall–Kier alpha value is -0.670. The molecule has 0 aliphatic carbocycles. The lowest BCUT2D eigenvalue weighted by atomic mass is 10.1. The summed E-state index contributed by atoms with van der Waals surface area (Å²) in [5.41, 5.74) is 0. The summed E-state index contributed by atoms with van der Waals surface area (Å²) in [4.78, 5) is 0. The standard InChI is InChI=1S/C14H13Cl2NO.ClH/c15-12-7-13(16)14(18-9-5-6-17-8-9)11-4-2-1-3-10(11)12;/h1-4,7,9,17H,5-6,8H2;1H. The molecular weight excluding hydrogens is 305 g/mol. The zero-order valence-corrected chi connectivity index (χ0v) is 12.5. The molecule has 2 nitrogen and oxygen atoms in total. The van der Waals surface area contributed by atoms with Crippen LogP contribution in [0.4, 0.5) is 0 Å². The minimum absolute atomic E-state index is 0. The van der Waals surface area contributed by atoms with Gasteiger partial charge in [-0.15, -0.1) is 12.4 Å². The molecule has 102 valence electrons. The first-order valence-corrected chi connectivity index (χ1v) is 6.75. The summed E-state index contributed by atoms with van der Waals surface area (Å²) in [7, 11) is 0. The minimum atomic E-state index is 0. The summed E-state index contributed by atoms with van der Waals surface area (Å²) in [6.07, 6.45) is 1.19. The molecule has 1 fully saturated rings. The molecule has 1 N–H and O–H groups in total. The second-order valence-corrected chi connectivity index (χ2v) is 5.26. The molecule has 0 aromatic heterocycles. The van der Waals surface area contributed by atoms with Crippen molar-refractivity contribution < 1.29 is 4.74 Å². The molecule has 0 saturated carbocycles. The number of ether oxygens (including phenoxy) is 1. The Kier molecular flexibility index (Phi) is 4.80. The monoisotopic (exact) mass is 317 g/mol. The summed E-state index contributed by atoms with van der Waals surface area (Å²) in [5.74, 6) is 0.741. The van der Waals surface area contributed by atoms with Gasteiger partial charge in [0, 0.05) is 17.3 Å². The van der Waals surface area contributed by atoms with Crippen molar-refractivity contribution >= 4 is 46.4 Å². The van der Waals surface area contributed by atoms with Crippen LogP contribution in [-0.4, -0.2) is 19.2 Å². The fourth-order valence-electron chi connectivity index (χ4n) is 2.29. The molecule has 1 atom stereocenters. The Labute approximate surface area is 128 Å². The zero-order valence-electron chi connectivity index (χ0n) is 10.2. The maximum absolute atomic E-state index is 6.26. The van der Waals surface area contributed by atoms with E-state index in [1.807, 2.05) is 24.3 Å². The third-order valence-corrected chi connectivity index (χ3v) is 3.79. The van der Waals surface area contributed by atoms with Gasteiger partial charge in [0.05, 0.1) is 10.0 Å². The van der Waals surface area contributed by atoms with Crippen LogP contribution in [0.5, 0.6) is 5.75 Å². The van der Waals surface area contributed by atoms with Gasteiger partial charge in [-0.25, -0.2) is 0 Å².